The minimum absolute atomic E-state index is 0.102. The second-order valence-corrected chi connectivity index (χ2v) is 4.90. The summed E-state index contributed by atoms with van der Waals surface area (Å²) in [5, 5.41) is 12.5. The molecule has 0 saturated carbocycles. The van der Waals surface area contributed by atoms with Gasteiger partial charge in [-0.25, -0.2) is 4.39 Å². The van der Waals surface area contributed by atoms with Gasteiger partial charge in [-0.05, 0) is 37.5 Å². The van der Waals surface area contributed by atoms with E-state index in [0.29, 0.717) is 13.0 Å². The van der Waals surface area contributed by atoms with Gasteiger partial charge in [0.05, 0.1) is 5.02 Å². The first-order chi connectivity index (χ1) is 8.00. The number of aliphatic hydroxyl groups is 1. The van der Waals surface area contributed by atoms with Crippen molar-refractivity contribution in [3.63, 3.8) is 0 Å². The molecule has 0 aromatic heterocycles. The summed E-state index contributed by atoms with van der Waals surface area (Å²) >= 11 is 5.72. The molecule has 0 amide bonds. The van der Waals surface area contributed by atoms with E-state index in [4.69, 9.17) is 16.7 Å². The molecule has 0 saturated heterocycles. The van der Waals surface area contributed by atoms with Crippen LogP contribution in [0.3, 0.4) is 0 Å². The maximum atomic E-state index is 13.0. The van der Waals surface area contributed by atoms with Crippen LogP contribution in [0.2, 0.25) is 5.02 Å². The summed E-state index contributed by atoms with van der Waals surface area (Å²) in [4.78, 5) is 0. The molecule has 1 unspecified atom stereocenters. The van der Waals surface area contributed by atoms with E-state index in [-0.39, 0.29) is 17.2 Å². The van der Waals surface area contributed by atoms with Gasteiger partial charge in [-0.1, -0.05) is 24.6 Å². The minimum Gasteiger partial charge on any atom is -0.396 e. The second kappa shape index (κ2) is 6.34. The molecule has 1 rings (SSSR count). The molecule has 17 heavy (non-hydrogen) atoms. The average molecular weight is 260 g/mol. The van der Waals surface area contributed by atoms with Gasteiger partial charge >= 0.3 is 0 Å². The molecule has 0 heterocycles. The van der Waals surface area contributed by atoms with Crippen LogP contribution in [0.25, 0.3) is 0 Å². The molecule has 4 heteroatoms. The van der Waals surface area contributed by atoms with Crippen molar-refractivity contribution < 1.29 is 9.50 Å². The van der Waals surface area contributed by atoms with Crippen LogP contribution >= 0.6 is 11.6 Å². The number of rotatable bonds is 6. The van der Waals surface area contributed by atoms with Gasteiger partial charge in [-0.2, -0.15) is 0 Å². The number of benzene rings is 1. The Kier molecular flexibility index (Phi) is 5.37. The fourth-order valence-electron chi connectivity index (χ4n) is 1.60. The Morgan fingerprint density at radius 3 is 2.71 bits per heavy atom. The third-order valence-corrected chi connectivity index (χ3v) is 3.44. The maximum Gasteiger partial charge on any atom is 0.141 e. The van der Waals surface area contributed by atoms with E-state index >= 15 is 0 Å². The largest absolute Gasteiger partial charge is 0.396 e. The molecule has 0 spiro atoms. The van der Waals surface area contributed by atoms with Crippen molar-refractivity contribution >= 4 is 11.6 Å². The third kappa shape index (κ3) is 4.26. The molecule has 0 radical (unpaired) electrons. The van der Waals surface area contributed by atoms with Crippen molar-refractivity contribution in [2.75, 3.05) is 6.61 Å². The van der Waals surface area contributed by atoms with Gasteiger partial charge in [0.15, 0.2) is 0 Å². The lowest BCUT2D eigenvalue weighted by Crippen LogP contribution is -2.42. The Morgan fingerprint density at radius 1 is 1.47 bits per heavy atom. The maximum absolute atomic E-state index is 13.0. The minimum atomic E-state index is -0.399. The van der Waals surface area contributed by atoms with Gasteiger partial charge in [0, 0.05) is 18.7 Å². The van der Waals surface area contributed by atoms with Crippen LogP contribution in [0.1, 0.15) is 32.3 Å². The number of hydrogen-bond donors (Lipinski definition) is 2. The Morgan fingerprint density at radius 2 is 2.18 bits per heavy atom. The van der Waals surface area contributed by atoms with E-state index in [1.165, 1.54) is 6.07 Å². The first-order valence-corrected chi connectivity index (χ1v) is 6.18. The van der Waals surface area contributed by atoms with Gasteiger partial charge in [-0.15, -0.1) is 0 Å². The SMILES string of the molecule is CCC(C)(CCO)NCc1ccc(F)c(Cl)c1. The Bertz CT molecular complexity index is 372. The first kappa shape index (κ1) is 14.4. The predicted octanol–water partition coefficient (Wildman–Crippen LogP) is 3.12. The van der Waals surface area contributed by atoms with Crippen molar-refractivity contribution in [3.8, 4) is 0 Å². The predicted molar refractivity (Wildman–Crippen MR) is 68.6 cm³/mol. The van der Waals surface area contributed by atoms with Crippen molar-refractivity contribution in [1.82, 2.24) is 5.32 Å². The lowest BCUT2D eigenvalue weighted by atomic mass is 9.94. The number of nitrogens with one attached hydrogen (secondary N) is 1. The Hall–Kier alpha value is -0.640. The van der Waals surface area contributed by atoms with Gasteiger partial charge < -0.3 is 10.4 Å². The fraction of sp³-hybridized carbons (Fsp3) is 0.538. The van der Waals surface area contributed by atoms with E-state index < -0.39 is 5.82 Å². The van der Waals surface area contributed by atoms with Crippen LogP contribution in [-0.4, -0.2) is 17.3 Å². The first-order valence-electron chi connectivity index (χ1n) is 5.80. The summed E-state index contributed by atoms with van der Waals surface area (Å²) in [5.74, 6) is -0.399. The molecule has 0 aliphatic heterocycles. The molecule has 0 aliphatic carbocycles. The molecule has 2 nitrogen and oxygen atoms in total. The zero-order valence-electron chi connectivity index (χ0n) is 10.3. The topological polar surface area (TPSA) is 32.3 Å². The normalized spacial score (nSPS) is 14.6. The van der Waals surface area contributed by atoms with Crippen LogP contribution in [0.15, 0.2) is 18.2 Å². The van der Waals surface area contributed by atoms with Gasteiger partial charge in [0.25, 0.3) is 0 Å². The molecule has 1 atom stereocenters. The third-order valence-electron chi connectivity index (χ3n) is 3.15. The summed E-state index contributed by atoms with van der Waals surface area (Å²) in [7, 11) is 0. The number of hydrogen-bond acceptors (Lipinski definition) is 2. The zero-order chi connectivity index (χ0) is 12.9. The zero-order valence-corrected chi connectivity index (χ0v) is 11.0. The van der Waals surface area contributed by atoms with Gasteiger partial charge in [0.2, 0.25) is 0 Å². The number of aliphatic hydroxyl groups excluding tert-OH is 1. The Labute approximate surface area is 107 Å². The monoisotopic (exact) mass is 259 g/mol. The van der Waals surface area contributed by atoms with Crippen molar-refractivity contribution in [2.24, 2.45) is 0 Å². The summed E-state index contributed by atoms with van der Waals surface area (Å²) in [5.41, 5.74) is 0.837. The highest BCUT2D eigenvalue weighted by Crippen LogP contribution is 2.18. The van der Waals surface area contributed by atoms with E-state index in [1.54, 1.807) is 12.1 Å². The molecular weight excluding hydrogens is 241 g/mol. The van der Waals surface area contributed by atoms with Crippen LogP contribution in [0.5, 0.6) is 0 Å². The van der Waals surface area contributed by atoms with Crippen LogP contribution in [0.4, 0.5) is 4.39 Å². The lowest BCUT2D eigenvalue weighted by molar-refractivity contribution is 0.214. The van der Waals surface area contributed by atoms with Gasteiger partial charge in [0.1, 0.15) is 5.82 Å². The molecule has 0 aliphatic rings. The summed E-state index contributed by atoms with van der Waals surface area (Å²) in [6, 6.07) is 4.71. The van der Waals surface area contributed by atoms with Crippen LogP contribution < -0.4 is 5.32 Å². The summed E-state index contributed by atoms with van der Waals surface area (Å²) < 4.78 is 13.0. The fourth-order valence-corrected chi connectivity index (χ4v) is 1.81. The lowest BCUT2D eigenvalue weighted by Gasteiger charge is -2.29. The highest BCUT2D eigenvalue weighted by atomic mass is 35.5. The summed E-state index contributed by atoms with van der Waals surface area (Å²) in [6.07, 6.45) is 1.61. The van der Waals surface area contributed by atoms with Crippen molar-refractivity contribution in [3.05, 3.63) is 34.6 Å². The molecule has 2 N–H and O–H groups in total. The molecule has 0 bridgehead atoms. The van der Waals surface area contributed by atoms with Crippen molar-refractivity contribution in [2.45, 2.75) is 38.8 Å². The van der Waals surface area contributed by atoms with E-state index in [1.807, 2.05) is 0 Å². The van der Waals surface area contributed by atoms with E-state index in [0.717, 1.165) is 12.0 Å². The Balaban J connectivity index is 2.62. The smallest absolute Gasteiger partial charge is 0.141 e. The van der Waals surface area contributed by atoms with Gasteiger partial charge in [-0.3, -0.25) is 0 Å². The average Bonchev–Trinajstić information content (AvgIpc) is 2.31. The van der Waals surface area contributed by atoms with Crippen LogP contribution in [0, 0.1) is 5.82 Å². The highest BCUT2D eigenvalue weighted by molar-refractivity contribution is 6.30. The summed E-state index contributed by atoms with van der Waals surface area (Å²) in [6.45, 7) is 4.90. The molecule has 1 aromatic rings. The second-order valence-electron chi connectivity index (χ2n) is 4.49. The van der Waals surface area contributed by atoms with Crippen LogP contribution in [-0.2, 0) is 6.54 Å². The van der Waals surface area contributed by atoms with E-state index in [9.17, 15) is 4.39 Å². The number of halogens is 2. The standard InChI is InChI=1S/C13H19ClFNO/c1-3-13(2,6-7-17)16-9-10-4-5-12(15)11(14)8-10/h4-5,8,16-17H,3,6-7,9H2,1-2H3. The molecule has 0 fully saturated rings. The molecular formula is C13H19ClFNO. The highest BCUT2D eigenvalue weighted by Gasteiger charge is 2.20. The molecule has 1 aromatic carbocycles. The quantitative estimate of drug-likeness (QED) is 0.823. The van der Waals surface area contributed by atoms with E-state index in [2.05, 4.69) is 19.2 Å². The van der Waals surface area contributed by atoms with Crippen molar-refractivity contribution in [1.29, 1.82) is 0 Å². The molecule has 96 valence electrons.